The largest absolute Gasteiger partial charge is 0.301 e. The number of hydrogen-bond donors (Lipinski definition) is 0. The molecular weight excluding hydrogens is 146 g/mol. The molecule has 0 radical (unpaired) electrons. The highest BCUT2D eigenvalue weighted by Gasteiger charge is 2.06. The Morgan fingerprint density at radius 2 is 1.83 bits per heavy atom. The molecule has 0 aromatic heterocycles. The molecule has 1 nitrogen and oxygen atoms in total. The monoisotopic (exact) mass is 169 g/mol. The molecule has 0 aliphatic rings. The maximum Gasteiger partial charge on any atom is 0.0246 e. The molecule has 0 N–H and O–H groups in total. The Kier molecular flexibility index (Phi) is 4.54. The van der Waals surface area contributed by atoms with E-state index in [-0.39, 0.29) is 0 Å². The van der Waals surface area contributed by atoms with Gasteiger partial charge in [-0.25, -0.2) is 0 Å². The van der Waals surface area contributed by atoms with E-state index in [1.165, 1.54) is 0 Å². The maximum absolute atomic E-state index is 2.32. The fourth-order valence-corrected chi connectivity index (χ4v) is 0.863. The SMILES string of the molecule is CCN(C)C(C)/C=C/C(C)(C)C. The number of rotatable bonds is 3. The van der Waals surface area contributed by atoms with Gasteiger partial charge in [-0.3, -0.25) is 0 Å². The van der Waals surface area contributed by atoms with Crippen molar-refractivity contribution in [3.05, 3.63) is 12.2 Å². The third-order valence-corrected chi connectivity index (χ3v) is 2.07. The number of nitrogens with zero attached hydrogens (tertiary/aromatic N) is 1. The van der Waals surface area contributed by atoms with Crippen LogP contribution in [0.2, 0.25) is 0 Å². The van der Waals surface area contributed by atoms with Gasteiger partial charge in [-0.2, -0.15) is 0 Å². The summed E-state index contributed by atoms with van der Waals surface area (Å²) < 4.78 is 0. The first-order valence-electron chi connectivity index (χ1n) is 4.76. The van der Waals surface area contributed by atoms with E-state index in [1.807, 2.05) is 0 Å². The standard InChI is InChI=1S/C11H23N/c1-7-12(6)10(2)8-9-11(3,4)5/h8-10H,7H2,1-6H3/b9-8+. The minimum Gasteiger partial charge on any atom is -0.301 e. The third kappa shape index (κ3) is 5.36. The van der Waals surface area contributed by atoms with Crippen LogP contribution in [0.4, 0.5) is 0 Å². The molecular formula is C11H23N. The van der Waals surface area contributed by atoms with E-state index in [9.17, 15) is 0 Å². The van der Waals surface area contributed by atoms with Crippen molar-refractivity contribution in [2.45, 2.75) is 40.7 Å². The number of allylic oxidation sites excluding steroid dienone is 1. The lowest BCUT2D eigenvalue weighted by atomic mass is 9.95. The molecule has 0 bridgehead atoms. The zero-order chi connectivity index (χ0) is 9.78. The Hall–Kier alpha value is -0.300. The summed E-state index contributed by atoms with van der Waals surface area (Å²) in [5.41, 5.74) is 0.308. The molecule has 0 aromatic rings. The van der Waals surface area contributed by atoms with Gasteiger partial charge in [0.1, 0.15) is 0 Å². The van der Waals surface area contributed by atoms with Gasteiger partial charge in [-0.1, -0.05) is 39.8 Å². The summed E-state index contributed by atoms with van der Waals surface area (Å²) >= 11 is 0. The van der Waals surface area contributed by atoms with Crippen LogP contribution in [0, 0.1) is 5.41 Å². The van der Waals surface area contributed by atoms with Crippen LogP contribution in [-0.2, 0) is 0 Å². The van der Waals surface area contributed by atoms with E-state index >= 15 is 0 Å². The van der Waals surface area contributed by atoms with Gasteiger partial charge < -0.3 is 4.90 Å². The summed E-state index contributed by atoms with van der Waals surface area (Å²) in [7, 11) is 2.15. The highest BCUT2D eigenvalue weighted by molar-refractivity contribution is 4.97. The van der Waals surface area contributed by atoms with Crippen LogP contribution in [0.25, 0.3) is 0 Å². The Morgan fingerprint density at radius 1 is 1.33 bits per heavy atom. The smallest absolute Gasteiger partial charge is 0.0246 e. The van der Waals surface area contributed by atoms with E-state index < -0.39 is 0 Å². The molecule has 0 aliphatic carbocycles. The van der Waals surface area contributed by atoms with Crippen LogP contribution < -0.4 is 0 Å². The fourth-order valence-electron chi connectivity index (χ4n) is 0.863. The minimum atomic E-state index is 0.308. The first-order valence-corrected chi connectivity index (χ1v) is 4.76. The van der Waals surface area contributed by atoms with Gasteiger partial charge >= 0.3 is 0 Å². The molecule has 0 amide bonds. The molecule has 0 heterocycles. The average molecular weight is 169 g/mol. The second-order valence-corrected chi connectivity index (χ2v) is 4.54. The Morgan fingerprint density at radius 3 is 2.17 bits per heavy atom. The van der Waals surface area contributed by atoms with Gasteiger partial charge in [0.15, 0.2) is 0 Å². The first kappa shape index (κ1) is 11.7. The van der Waals surface area contributed by atoms with E-state index in [1.54, 1.807) is 0 Å². The van der Waals surface area contributed by atoms with Gasteiger partial charge in [-0.05, 0) is 25.9 Å². The molecule has 12 heavy (non-hydrogen) atoms. The molecule has 1 unspecified atom stereocenters. The molecule has 0 aliphatic heterocycles. The molecule has 0 saturated heterocycles. The van der Waals surface area contributed by atoms with Gasteiger partial charge in [-0.15, -0.1) is 0 Å². The topological polar surface area (TPSA) is 3.24 Å². The van der Waals surface area contributed by atoms with Gasteiger partial charge in [0, 0.05) is 6.04 Å². The summed E-state index contributed by atoms with van der Waals surface area (Å²) in [5, 5.41) is 0. The summed E-state index contributed by atoms with van der Waals surface area (Å²) in [6.07, 6.45) is 4.56. The zero-order valence-electron chi connectivity index (χ0n) is 9.39. The van der Waals surface area contributed by atoms with E-state index in [0.29, 0.717) is 11.5 Å². The van der Waals surface area contributed by atoms with Crippen molar-refractivity contribution in [1.82, 2.24) is 4.90 Å². The number of likely N-dealkylation sites (N-methyl/N-ethyl adjacent to an activating group) is 1. The van der Waals surface area contributed by atoms with Crippen molar-refractivity contribution in [3.8, 4) is 0 Å². The number of hydrogen-bond acceptors (Lipinski definition) is 1. The summed E-state index contributed by atoms with van der Waals surface area (Å²) in [5.74, 6) is 0. The molecule has 0 saturated carbocycles. The maximum atomic E-state index is 2.32. The van der Waals surface area contributed by atoms with Crippen molar-refractivity contribution < 1.29 is 0 Å². The predicted molar refractivity (Wildman–Crippen MR) is 56.4 cm³/mol. The second-order valence-electron chi connectivity index (χ2n) is 4.54. The Bertz CT molecular complexity index is 142. The lowest BCUT2D eigenvalue weighted by Crippen LogP contribution is -2.27. The average Bonchev–Trinajstić information content (AvgIpc) is 1.97. The zero-order valence-corrected chi connectivity index (χ0v) is 9.39. The quantitative estimate of drug-likeness (QED) is 0.587. The first-order chi connectivity index (χ1) is 5.37. The fraction of sp³-hybridized carbons (Fsp3) is 0.818. The lowest BCUT2D eigenvalue weighted by molar-refractivity contribution is 0.311. The van der Waals surface area contributed by atoms with Crippen molar-refractivity contribution in [2.24, 2.45) is 5.41 Å². The summed E-state index contributed by atoms with van der Waals surface area (Å²) in [6.45, 7) is 12.2. The van der Waals surface area contributed by atoms with Crippen LogP contribution in [0.3, 0.4) is 0 Å². The van der Waals surface area contributed by atoms with Gasteiger partial charge in [0.25, 0.3) is 0 Å². The Balaban J connectivity index is 3.99. The summed E-state index contributed by atoms with van der Waals surface area (Å²) in [6, 6.07) is 0.550. The molecule has 1 atom stereocenters. The van der Waals surface area contributed by atoms with Gasteiger partial charge in [0.2, 0.25) is 0 Å². The third-order valence-electron chi connectivity index (χ3n) is 2.07. The molecule has 0 rings (SSSR count). The van der Waals surface area contributed by atoms with Crippen molar-refractivity contribution in [2.75, 3.05) is 13.6 Å². The van der Waals surface area contributed by atoms with Crippen molar-refractivity contribution in [1.29, 1.82) is 0 Å². The molecule has 0 aromatic carbocycles. The molecule has 72 valence electrons. The summed E-state index contributed by atoms with van der Waals surface area (Å²) in [4.78, 5) is 2.32. The molecule has 0 spiro atoms. The van der Waals surface area contributed by atoms with E-state index in [2.05, 4.69) is 58.7 Å². The van der Waals surface area contributed by atoms with Crippen LogP contribution in [0.5, 0.6) is 0 Å². The Labute approximate surface area is 77.5 Å². The highest BCUT2D eigenvalue weighted by Crippen LogP contribution is 2.15. The normalized spacial score (nSPS) is 15.9. The molecule has 0 fully saturated rings. The molecule has 1 heteroatoms. The van der Waals surface area contributed by atoms with E-state index in [4.69, 9.17) is 0 Å². The van der Waals surface area contributed by atoms with Gasteiger partial charge in [0.05, 0.1) is 0 Å². The second kappa shape index (κ2) is 4.66. The van der Waals surface area contributed by atoms with Crippen LogP contribution in [-0.4, -0.2) is 24.5 Å². The van der Waals surface area contributed by atoms with Crippen molar-refractivity contribution in [3.63, 3.8) is 0 Å². The lowest BCUT2D eigenvalue weighted by Gasteiger charge is -2.21. The van der Waals surface area contributed by atoms with Crippen LogP contribution in [0.15, 0.2) is 12.2 Å². The van der Waals surface area contributed by atoms with Crippen LogP contribution in [0.1, 0.15) is 34.6 Å². The highest BCUT2D eigenvalue weighted by atomic mass is 15.1. The van der Waals surface area contributed by atoms with E-state index in [0.717, 1.165) is 6.54 Å². The van der Waals surface area contributed by atoms with Crippen molar-refractivity contribution >= 4 is 0 Å². The predicted octanol–water partition coefficient (Wildman–Crippen LogP) is 2.93. The minimum absolute atomic E-state index is 0.308. The van der Waals surface area contributed by atoms with Crippen LogP contribution >= 0.6 is 0 Å².